The van der Waals surface area contributed by atoms with Crippen LogP contribution in [0.1, 0.15) is 32.1 Å². The molecule has 8 heteroatoms. The van der Waals surface area contributed by atoms with Crippen molar-refractivity contribution in [3.8, 4) is 0 Å². The number of fused-ring (bicyclic) bond motifs is 1. The molecule has 0 aromatic rings. The van der Waals surface area contributed by atoms with E-state index >= 15 is 0 Å². The molecule has 22 heavy (non-hydrogen) atoms. The summed E-state index contributed by atoms with van der Waals surface area (Å²) in [4.78, 5) is 35.1. The summed E-state index contributed by atoms with van der Waals surface area (Å²) in [6, 6.07) is 0.383. The lowest BCUT2D eigenvalue weighted by Gasteiger charge is -2.18. The molecule has 2 heterocycles. The van der Waals surface area contributed by atoms with E-state index in [0.717, 1.165) is 25.0 Å². The first kappa shape index (κ1) is 16.9. The zero-order chi connectivity index (χ0) is 16.1. The highest BCUT2D eigenvalue weighted by molar-refractivity contribution is 8.00. The van der Waals surface area contributed by atoms with Crippen molar-refractivity contribution in [2.75, 3.05) is 19.3 Å². The van der Waals surface area contributed by atoms with Crippen molar-refractivity contribution < 1.29 is 19.5 Å². The van der Waals surface area contributed by atoms with Gasteiger partial charge in [0.25, 0.3) is 0 Å². The summed E-state index contributed by atoms with van der Waals surface area (Å²) in [7, 11) is 1.64. The van der Waals surface area contributed by atoms with Crippen LogP contribution >= 0.6 is 11.8 Å². The van der Waals surface area contributed by atoms with Crippen LogP contribution in [0.5, 0.6) is 0 Å². The van der Waals surface area contributed by atoms with Gasteiger partial charge in [0, 0.05) is 31.0 Å². The lowest BCUT2D eigenvalue weighted by Crippen LogP contribution is -2.36. The van der Waals surface area contributed by atoms with E-state index in [9.17, 15) is 14.4 Å². The maximum absolute atomic E-state index is 11.8. The molecule has 3 unspecified atom stereocenters. The highest BCUT2D eigenvalue weighted by Gasteiger charge is 2.42. The summed E-state index contributed by atoms with van der Waals surface area (Å²) < 4.78 is 0. The number of unbranched alkanes of at least 4 members (excludes halogenated alkanes) is 1. The molecule has 0 radical (unpaired) electrons. The van der Waals surface area contributed by atoms with Gasteiger partial charge in [0.15, 0.2) is 0 Å². The van der Waals surface area contributed by atoms with Crippen LogP contribution in [0.2, 0.25) is 0 Å². The van der Waals surface area contributed by atoms with E-state index in [-0.39, 0.29) is 37.0 Å². The topological polar surface area (TPSA) is 98.7 Å². The molecule has 124 valence electrons. The van der Waals surface area contributed by atoms with Crippen LogP contribution in [0.15, 0.2) is 0 Å². The number of carboxylic acid groups (broad SMARTS) is 1. The normalized spacial score (nSPS) is 26.2. The molecule has 2 rings (SSSR count). The maximum Gasteiger partial charge on any atom is 0.315 e. The first-order valence-electron chi connectivity index (χ1n) is 7.62. The Morgan fingerprint density at radius 2 is 2.09 bits per heavy atom. The predicted octanol–water partition coefficient (Wildman–Crippen LogP) is 0.645. The van der Waals surface area contributed by atoms with Gasteiger partial charge < -0.3 is 20.6 Å². The summed E-state index contributed by atoms with van der Waals surface area (Å²) in [6.45, 7) is 0.258. The number of amides is 3. The quantitative estimate of drug-likeness (QED) is 0.448. The van der Waals surface area contributed by atoms with Crippen molar-refractivity contribution in [1.82, 2.24) is 15.5 Å². The molecular formula is C14H23N3O4S. The van der Waals surface area contributed by atoms with Gasteiger partial charge in [-0.1, -0.05) is 6.42 Å². The molecule has 2 aliphatic heterocycles. The number of carbonyl (C=O) groups is 3. The average molecular weight is 329 g/mol. The molecule has 0 spiro atoms. The molecule has 0 aromatic carbocycles. The molecule has 7 nitrogen and oxygen atoms in total. The van der Waals surface area contributed by atoms with E-state index < -0.39 is 5.97 Å². The zero-order valence-corrected chi connectivity index (χ0v) is 13.5. The second kappa shape index (κ2) is 7.71. The van der Waals surface area contributed by atoms with Crippen LogP contribution in [0.25, 0.3) is 0 Å². The van der Waals surface area contributed by atoms with Gasteiger partial charge in [-0.05, 0) is 12.8 Å². The number of nitrogens with zero attached hydrogens (tertiary/aromatic N) is 1. The van der Waals surface area contributed by atoms with Gasteiger partial charge >= 0.3 is 12.0 Å². The Labute approximate surface area is 134 Å². The monoisotopic (exact) mass is 329 g/mol. The number of hydrogen-bond acceptors (Lipinski definition) is 4. The minimum atomic E-state index is -0.889. The van der Waals surface area contributed by atoms with Gasteiger partial charge in [-0.25, -0.2) is 4.79 Å². The molecule has 3 amide bonds. The predicted molar refractivity (Wildman–Crippen MR) is 83.8 cm³/mol. The number of carboxylic acids is 1. The molecule has 2 saturated heterocycles. The van der Waals surface area contributed by atoms with Gasteiger partial charge in [0.1, 0.15) is 0 Å². The minimum absolute atomic E-state index is 0.00552. The van der Waals surface area contributed by atoms with E-state index in [1.54, 1.807) is 7.05 Å². The second-order valence-electron chi connectivity index (χ2n) is 5.83. The maximum atomic E-state index is 11.8. The number of thioether (sulfide) groups is 1. The fourth-order valence-corrected chi connectivity index (χ4v) is 4.39. The first-order chi connectivity index (χ1) is 10.5. The number of rotatable bonds is 8. The van der Waals surface area contributed by atoms with E-state index in [1.165, 1.54) is 4.90 Å². The van der Waals surface area contributed by atoms with Crippen LogP contribution in [0, 0.1) is 0 Å². The molecular weight excluding hydrogens is 306 g/mol. The fourth-order valence-electron chi connectivity index (χ4n) is 2.84. The van der Waals surface area contributed by atoms with Crippen molar-refractivity contribution in [2.24, 2.45) is 0 Å². The summed E-state index contributed by atoms with van der Waals surface area (Å²) >= 11 is 1.88. The standard InChI is InChI=1S/C14H23N3O4S/c1-17(7-6-12(19)20)11(18)5-3-2-4-10-13-9(8-22-10)15-14(21)16-13/h9-10,13H,2-8H2,1H3,(H,19,20)(H2,15,16,21). The van der Waals surface area contributed by atoms with E-state index in [1.807, 2.05) is 11.8 Å². The van der Waals surface area contributed by atoms with Crippen LogP contribution < -0.4 is 10.6 Å². The lowest BCUT2D eigenvalue weighted by molar-refractivity contribution is -0.138. The number of nitrogens with one attached hydrogen (secondary N) is 2. The van der Waals surface area contributed by atoms with E-state index in [0.29, 0.717) is 11.7 Å². The van der Waals surface area contributed by atoms with Crippen molar-refractivity contribution in [1.29, 1.82) is 0 Å². The third-order valence-electron chi connectivity index (χ3n) is 4.15. The molecule has 0 aromatic heterocycles. The Morgan fingerprint density at radius 1 is 1.32 bits per heavy atom. The van der Waals surface area contributed by atoms with Crippen molar-refractivity contribution >= 4 is 29.7 Å². The molecule has 0 aliphatic carbocycles. The van der Waals surface area contributed by atoms with E-state index in [2.05, 4.69) is 10.6 Å². The van der Waals surface area contributed by atoms with Crippen LogP contribution in [0.3, 0.4) is 0 Å². The summed E-state index contributed by atoms with van der Waals surface area (Å²) in [6.07, 6.45) is 3.16. The van der Waals surface area contributed by atoms with Crippen LogP contribution in [-0.4, -0.2) is 64.6 Å². The number of aliphatic carboxylic acids is 1. The fraction of sp³-hybridized carbons (Fsp3) is 0.786. The Kier molecular flexibility index (Phi) is 5.93. The molecule has 0 saturated carbocycles. The summed E-state index contributed by atoms with van der Waals surface area (Å²) in [5.41, 5.74) is 0. The Bertz CT molecular complexity index is 446. The van der Waals surface area contributed by atoms with Crippen molar-refractivity contribution in [3.63, 3.8) is 0 Å². The van der Waals surface area contributed by atoms with Gasteiger partial charge in [-0.15, -0.1) is 0 Å². The highest BCUT2D eigenvalue weighted by Crippen LogP contribution is 2.33. The van der Waals surface area contributed by atoms with Gasteiger partial charge in [0.2, 0.25) is 5.91 Å². The molecule has 2 aliphatic rings. The average Bonchev–Trinajstić information content (AvgIpc) is 3.00. The number of urea groups is 1. The lowest BCUT2D eigenvalue weighted by atomic mass is 10.0. The zero-order valence-electron chi connectivity index (χ0n) is 12.7. The SMILES string of the molecule is CN(CCC(=O)O)C(=O)CCCCC1SCC2NC(=O)NC21. The molecule has 2 fully saturated rings. The van der Waals surface area contributed by atoms with Crippen molar-refractivity contribution in [3.05, 3.63) is 0 Å². The van der Waals surface area contributed by atoms with Crippen LogP contribution in [0.4, 0.5) is 4.79 Å². The summed E-state index contributed by atoms with van der Waals surface area (Å²) in [5.74, 6) is 0.0546. The number of hydrogen-bond donors (Lipinski definition) is 3. The third-order valence-corrected chi connectivity index (χ3v) is 5.66. The smallest absolute Gasteiger partial charge is 0.315 e. The molecule has 3 atom stereocenters. The third kappa shape index (κ3) is 4.53. The van der Waals surface area contributed by atoms with Gasteiger partial charge in [-0.2, -0.15) is 11.8 Å². The van der Waals surface area contributed by atoms with E-state index in [4.69, 9.17) is 5.11 Å². The van der Waals surface area contributed by atoms with Gasteiger partial charge in [0.05, 0.1) is 18.5 Å². The number of carbonyl (C=O) groups excluding carboxylic acids is 2. The van der Waals surface area contributed by atoms with Crippen LogP contribution in [-0.2, 0) is 9.59 Å². The Balaban J connectivity index is 1.60. The molecule has 0 bridgehead atoms. The highest BCUT2D eigenvalue weighted by atomic mass is 32.2. The Hall–Kier alpha value is -1.44. The van der Waals surface area contributed by atoms with Gasteiger partial charge in [-0.3, -0.25) is 9.59 Å². The largest absolute Gasteiger partial charge is 0.481 e. The summed E-state index contributed by atoms with van der Waals surface area (Å²) in [5, 5.41) is 14.9. The minimum Gasteiger partial charge on any atom is -0.481 e. The molecule has 3 N–H and O–H groups in total. The Morgan fingerprint density at radius 3 is 2.82 bits per heavy atom. The first-order valence-corrected chi connectivity index (χ1v) is 8.66. The van der Waals surface area contributed by atoms with Crippen molar-refractivity contribution in [2.45, 2.75) is 49.4 Å². The second-order valence-corrected chi connectivity index (χ2v) is 7.10.